The van der Waals surface area contributed by atoms with E-state index in [9.17, 15) is 9.18 Å². The molecule has 0 aromatic heterocycles. The van der Waals surface area contributed by atoms with Gasteiger partial charge in [-0.2, -0.15) is 0 Å². The largest absolute Gasteiger partial charge is 0.497 e. The van der Waals surface area contributed by atoms with Crippen LogP contribution < -0.4 is 9.47 Å². The molecule has 156 valence electrons. The van der Waals surface area contributed by atoms with Crippen LogP contribution >= 0.6 is 15.9 Å². The number of rotatable bonds is 7. The van der Waals surface area contributed by atoms with Gasteiger partial charge in [0.2, 0.25) is 5.91 Å². The highest BCUT2D eigenvalue weighted by molar-refractivity contribution is 9.10. The van der Waals surface area contributed by atoms with Crippen LogP contribution in [0.5, 0.6) is 11.5 Å². The Morgan fingerprint density at radius 3 is 2.76 bits per heavy atom. The summed E-state index contributed by atoms with van der Waals surface area (Å²) in [5.74, 6) is 1.20. The number of hydrogen-bond donors (Lipinski definition) is 0. The Kier molecular flexibility index (Phi) is 7.14. The second kappa shape index (κ2) is 9.59. The first-order valence-electron chi connectivity index (χ1n) is 9.56. The molecule has 5 nitrogen and oxygen atoms in total. The van der Waals surface area contributed by atoms with Crippen molar-refractivity contribution in [1.82, 2.24) is 9.80 Å². The molecule has 1 amide bonds. The van der Waals surface area contributed by atoms with Gasteiger partial charge in [-0.25, -0.2) is 4.39 Å². The molecule has 1 unspecified atom stereocenters. The van der Waals surface area contributed by atoms with Crippen LogP contribution in [0.25, 0.3) is 0 Å². The molecule has 0 aliphatic carbocycles. The second-order valence-corrected chi connectivity index (χ2v) is 8.18. The molecule has 7 heteroatoms. The molecule has 0 saturated carbocycles. The van der Waals surface area contributed by atoms with Gasteiger partial charge >= 0.3 is 0 Å². The number of likely N-dealkylation sites (N-methyl/N-ethyl adjacent to an activating group) is 1. The third kappa shape index (κ3) is 5.08. The van der Waals surface area contributed by atoms with Crippen molar-refractivity contribution in [2.45, 2.75) is 25.4 Å². The molecule has 3 rings (SSSR count). The second-order valence-electron chi connectivity index (χ2n) is 7.26. The first kappa shape index (κ1) is 21.6. The van der Waals surface area contributed by atoms with Gasteiger partial charge in [-0.1, -0.05) is 15.9 Å². The molecule has 0 radical (unpaired) electrons. The summed E-state index contributed by atoms with van der Waals surface area (Å²) in [6, 6.07) is 10.5. The molecule has 1 aliphatic heterocycles. The normalized spacial score (nSPS) is 16.3. The van der Waals surface area contributed by atoms with Crippen LogP contribution in [0.15, 0.2) is 40.9 Å². The number of benzene rings is 2. The fourth-order valence-corrected chi connectivity index (χ4v) is 4.22. The SMILES string of the molecule is COc1ccc(C2CCCN2C(=O)CN(C)Cc2cc(Br)ccc2F)c(OC)c1. The number of hydrogen-bond acceptors (Lipinski definition) is 4. The van der Waals surface area contributed by atoms with E-state index in [1.807, 2.05) is 35.0 Å². The van der Waals surface area contributed by atoms with Crippen molar-refractivity contribution >= 4 is 21.8 Å². The minimum absolute atomic E-state index is 0.0284. The summed E-state index contributed by atoms with van der Waals surface area (Å²) >= 11 is 3.37. The molecule has 2 aromatic carbocycles. The number of ether oxygens (including phenoxy) is 2. The maximum Gasteiger partial charge on any atom is 0.237 e. The van der Waals surface area contributed by atoms with Gasteiger partial charge in [0, 0.05) is 34.8 Å². The minimum Gasteiger partial charge on any atom is -0.497 e. The van der Waals surface area contributed by atoms with Crippen molar-refractivity contribution in [3.63, 3.8) is 0 Å². The lowest BCUT2D eigenvalue weighted by Crippen LogP contribution is -2.38. The molecule has 1 aliphatic rings. The van der Waals surface area contributed by atoms with Gasteiger partial charge in [0.15, 0.2) is 0 Å². The van der Waals surface area contributed by atoms with E-state index in [0.717, 1.165) is 34.4 Å². The third-order valence-corrected chi connectivity index (χ3v) is 5.72. The fraction of sp³-hybridized carbons (Fsp3) is 0.409. The van der Waals surface area contributed by atoms with E-state index in [0.29, 0.717) is 18.7 Å². The zero-order valence-electron chi connectivity index (χ0n) is 17.0. The van der Waals surface area contributed by atoms with Crippen LogP contribution in [0.4, 0.5) is 4.39 Å². The molecular weight excluding hydrogens is 439 g/mol. The highest BCUT2D eigenvalue weighted by Crippen LogP contribution is 2.38. The molecule has 0 N–H and O–H groups in total. The minimum atomic E-state index is -0.269. The Morgan fingerprint density at radius 1 is 1.24 bits per heavy atom. The highest BCUT2D eigenvalue weighted by Gasteiger charge is 2.32. The lowest BCUT2D eigenvalue weighted by molar-refractivity contribution is -0.133. The van der Waals surface area contributed by atoms with Gasteiger partial charge in [-0.3, -0.25) is 9.69 Å². The number of likely N-dealkylation sites (tertiary alicyclic amines) is 1. The zero-order valence-corrected chi connectivity index (χ0v) is 18.5. The van der Waals surface area contributed by atoms with Gasteiger partial charge < -0.3 is 14.4 Å². The lowest BCUT2D eigenvalue weighted by Gasteiger charge is -2.28. The van der Waals surface area contributed by atoms with Crippen molar-refractivity contribution < 1.29 is 18.7 Å². The van der Waals surface area contributed by atoms with Crippen molar-refractivity contribution in [2.24, 2.45) is 0 Å². The predicted octanol–water partition coefficient (Wildman–Crippen LogP) is 4.40. The van der Waals surface area contributed by atoms with Crippen molar-refractivity contribution in [3.8, 4) is 11.5 Å². The summed E-state index contributed by atoms with van der Waals surface area (Å²) in [5, 5.41) is 0. The smallest absolute Gasteiger partial charge is 0.237 e. The Morgan fingerprint density at radius 2 is 2.03 bits per heavy atom. The fourth-order valence-electron chi connectivity index (χ4n) is 3.82. The van der Waals surface area contributed by atoms with Crippen LogP contribution in [0, 0.1) is 5.82 Å². The molecule has 29 heavy (non-hydrogen) atoms. The monoisotopic (exact) mass is 464 g/mol. The van der Waals surface area contributed by atoms with Crippen LogP contribution in [0.1, 0.15) is 30.0 Å². The van der Waals surface area contributed by atoms with E-state index in [1.165, 1.54) is 6.07 Å². The lowest BCUT2D eigenvalue weighted by atomic mass is 10.0. The van der Waals surface area contributed by atoms with Crippen LogP contribution in [0.3, 0.4) is 0 Å². The number of halogens is 2. The maximum absolute atomic E-state index is 14.0. The van der Waals surface area contributed by atoms with E-state index in [1.54, 1.807) is 26.4 Å². The average molecular weight is 465 g/mol. The molecule has 1 saturated heterocycles. The van der Waals surface area contributed by atoms with Crippen LogP contribution in [-0.2, 0) is 11.3 Å². The van der Waals surface area contributed by atoms with Crippen LogP contribution in [-0.4, -0.2) is 50.1 Å². The summed E-state index contributed by atoms with van der Waals surface area (Å²) < 4.78 is 25.7. The quantitative estimate of drug-likeness (QED) is 0.608. The number of carbonyl (C=O) groups excluding carboxylic acids is 1. The molecule has 1 heterocycles. The summed E-state index contributed by atoms with van der Waals surface area (Å²) in [5.41, 5.74) is 1.55. The average Bonchev–Trinajstić information content (AvgIpc) is 3.20. The van der Waals surface area contributed by atoms with E-state index in [2.05, 4.69) is 15.9 Å². The Balaban J connectivity index is 1.71. The predicted molar refractivity (Wildman–Crippen MR) is 114 cm³/mol. The number of carbonyl (C=O) groups is 1. The third-order valence-electron chi connectivity index (χ3n) is 5.23. The topological polar surface area (TPSA) is 42.0 Å². The summed E-state index contributed by atoms with van der Waals surface area (Å²) in [6.07, 6.45) is 1.83. The molecular formula is C22H26BrFN2O3. The van der Waals surface area contributed by atoms with Gasteiger partial charge in [0.1, 0.15) is 17.3 Å². The van der Waals surface area contributed by atoms with Gasteiger partial charge in [0.05, 0.1) is 26.8 Å². The van der Waals surface area contributed by atoms with E-state index < -0.39 is 0 Å². The molecule has 0 bridgehead atoms. The van der Waals surface area contributed by atoms with Gasteiger partial charge in [-0.05, 0) is 50.2 Å². The van der Waals surface area contributed by atoms with Crippen molar-refractivity contribution in [1.29, 1.82) is 0 Å². The first-order chi connectivity index (χ1) is 13.9. The van der Waals surface area contributed by atoms with Gasteiger partial charge in [-0.15, -0.1) is 0 Å². The van der Waals surface area contributed by atoms with E-state index in [4.69, 9.17) is 9.47 Å². The van der Waals surface area contributed by atoms with E-state index in [-0.39, 0.29) is 24.3 Å². The Labute approximate surface area is 179 Å². The highest BCUT2D eigenvalue weighted by atomic mass is 79.9. The summed E-state index contributed by atoms with van der Waals surface area (Å²) in [4.78, 5) is 16.8. The van der Waals surface area contributed by atoms with E-state index >= 15 is 0 Å². The maximum atomic E-state index is 14.0. The Bertz CT molecular complexity index is 877. The Hall–Kier alpha value is -2.12. The summed E-state index contributed by atoms with van der Waals surface area (Å²) in [7, 11) is 5.07. The molecule has 2 aromatic rings. The first-order valence-corrected chi connectivity index (χ1v) is 10.4. The van der Waals surface area contributed by atoms with Crippen molar-refractivity contribution in [2.75, 3.05) is 34.4 Å². The number of nitrogens with zero attached hydrogens (tertiary/aromatic N) is 2. The molecule has 0 spiro atoms. The summed E-state index contributed by atoms with van der Waals surface area (Å²) in [6.45, 7) is 1.29. The standard InChI is InChI=1S/C22H26BrFN2O3/c1-25(13-15-11-16(23)6-9-19(15)24)14-22(27)26-10-4-5-20(26)18-8-7-17(28-2)12-21(18)29-3/h6-9,11-12,20H,4-5,10,13-14H2,1-3H3. The van der Waals surface area contributed by atoms with Crippen LogP contribution in [0.2, 0.25) is 0 Å². The number of amides is 1. The molecule has 1 fully saturated rings. The van der Waals surface area contributed by atoms with Crippen molar-refractivity contribution in [3.05, 3.63) is 57.8 Å². The number of methoxy groups -OCH3 is 2. The van der Waals surface area contributed by atoms with Gasteiger partial charge in [0.25, 0.3) is 0 Å². The zero-order chi connectivity index (χ0) is 21.0. The molecule has 1 atom stereocenters.